The van der Waals surface area contributed by atoms with Crippen molar-refractivity contribution < 1.29 is 9.53 Å². The van der Waals surface area contributed by atoms with Crippen molar-refractivity contribution >= 4 is 29.2 Å². The third kappa shape index (κ3) is 3.36. The smallest absolute Gasteiger partial charge is 0.358 e. The molecule has 0 radical (unpaired) electrons. The third-order valence-electron chi connectivity index (χ3n) is 3.24. The van der Waals surface area contributed by atoms with Crippen LogP contribution in [0.3, 0.4) is 0 Å². The van der Waals surface area contributed by atoms with Gasteiger partial charge in [-0.25, -0.2) is 9.78 Å². The number of esters is 1. The Morgan fingerprint density at radius 2 is 1.94 bits per heavy atom. The molecule has 0 bridgehead atoms. The maximum atomic E-state index is 11.9. The second-order valence-corrected chi connectivity index (χ2v) is 5.55. The molecule has 0 amide bonds. The van der Waals surface area contributed by atoms with Gasteiger partial charge in [0.15, 0.2) is 5.69 Å². The number of rotatable bonds is 2. The molecule has 0 unspecified atom stereocenters. The van der Waals surface area contributed by atoms with E-state index in [1.807, 2.05) is 0 Å². The van der Waals surface area contributed by atoms with E-state index in [4.69, 9.17) is 27.9 Å². The van der Waals surface area contributed by atoms with Crippen LogP contribution >= 0.6 is 23.2 Å². The van der Waals surface area contributed by atoms with Crippen molar-refractivity contribution in [3.63, 3.8) is 0 Å². The Bertz CT molecular complexity index is 443. The van der Waals surface area contributed by atoms with Gasteiger partial charge in [0, 0.05) is 0 Å². The molecule has 0 aromatic carbocycles. The van der Waals surface area contributed by atoms with E-state index in [2.05, 4.69) is 11.9 Å². The number of hydrogen-bond donors (Lipinski definition) is 0. The van der Waals surface area contributed by atoms with E-state index in [0.29, 0.717) is 5.92 Å². The fraction of sp³-hybridized carbons (Fsp3) is 0.538. The maximum absolute atomic E-state index is 11.9. The molecular formula is C13H15Cl2NO2. The summed E-state index contributed by atoms with van der Waals surface area (Å²) in [6, 6.07) is 3.10. The van der Waals surface area contributed by atoms with Crippen molar-refractivity contribution in [2.75, 3.05) is 0 Å². The minimum Gasteiger partial charge on any atom is -0.458 e. The van der Waals surface area contributed by atoms with E-state index in [1.165, 1.54) is 0 Å². The van der Waals surface area contributed by atoms with Crippen LogP contribution in [-0.4, -0.2) is 17.1 Å². The molecule has 1 fully saturated rings. The van der Waals surface area contributed by atoms with Gasteiger partial charge in [-0.2, -0.15) is 0 Å². The molecule has 0 saturated heterocycles. The molecular weight excluding hydrogens is 273 g/mol. The Kier molecular flexibility index (Phi) is 4.46. The third-order valence-corrected chi connectivity index (χ3v) is 3.76. The first-order valence-electron chi connectivity index (χ1n) is 6.09. The second-order valence-electron chi connectivity index (χ2n) is 4.75. The first-order chi connectivity index (χ1) is 8.56. The zero-order valence-corrected chi connectivity index (χ0v) is 11.7. The van der Waals surface area contributed by atoms with Gasteiger partial charge in [-0.1, -0.05) is 30.1 Å². The van der Waals surface area contributed by atoms with Gasteiger partial charge in [-0.05, 0) is 43.7 Å². The Morgan fingerprint density at radius 3 is 2.61 bits per heavy atom. The van der Waals surface area contributed by atoms with Crippen LogP contribution in [0.5, 0.6) is 0 Å². The highest BCUT2D eigenvalue weighted by Crippen LogP contribution is 2.27. The normalized spacial score (nSPS) is 23.7. The van der Waals surface area contributed by atoms with Crippen molar-refractivity contribution in [3.05, 3.63) is 28.0 Å². The topological polar surface area (TPSA) is 39.2 Å². The first-order valence-corrected chi connectivity index (χ1v) is 6.85. The van der Waals surface area contributed by atoms with Crippen LogP contribution in [0.25, 0.3) is 0 Å². The average molecular weight is 288 g/mol. The number of halogens is 2. The second kappa shape index (κ2) is 5.89. The summed E-state index contributed by atoms with van der Waals surface area (Å²) in [5.74, 6) is 0.231. The van der Waals surface area contributed by atoms with E-state index in [0.717, 1.165) is 25.7 Å². The largest absolute Gasteiger partial charge is 0.458 e. The summed E-state index contributed by atoms with van der Waals surface area (Å²) >= 11 is 11.7. The SMILES string of the molecule is CC1CCC(OC(=O)c2nc(Cl)ccc2Cl)CC1. The number of carbonyl (C=O) groups is 1. The molecule has 2 rings (SSSR count). The fourth-order valence-electron chi connectivity index (χ4n) is 2.12. The van der Waals surface area contributed by atoms with Gasteiger partial charge in [0.2, 0.25) is 0 Å². The molecule has 98 valence electrons. The predicted octanol–water partition coefficient (Wildman–Crippen LogP) is 4.12. The van der Waals surface area contributed by atoms with E-state index < -0.39 is 5.97 Å². The van der Waals surface area contributed by atoms with Gasteiger partial charge in [0.1, 0.15) is 11.3 Å². The number of nitrogens with zero attached hydrogens (tertiary/aromatic N) is 1. The molecule has 0 spiro atoms. The lowest BCUT2D eigenvalue weighted by Crippen LogP contribution is -2.24. The molecule has 1 aliphatic rings. The Morgan fingerprint density at radius 1 is 1.28 bits per heavy atom. The van der Waals surface area contributed by atoms with Crippen LogP contribution < -0.4 is 0 Å². The van der Waals surface area contributed by atoms with Gasteiger partial charge in [0.25, 0.3) is 0 Å². The lowest BCUT2D eigenvalue weighted by atomic mass is 9.89. The van der Waals surface area contributed by atoms with Crippen LogP contribution in [0.2, 0.25) is 10.2 Å². The standard InChI is InChI=1S/C13H15Cl2NO2/c1-8-2-4-9(5-3-8)18-13(17)12-10(14)6-7-11(15)16-12/h6-9H,2-5H2,1H3. The molecule has 0 aliphatic heterocycles. The van der Waals surface area contributed by atoms with Gasteiger partial charge in [-0.3, -0.25) is 0 Å². The molecule has 0 atom stereocenters. The molecule has 1 aromatic heterocycles. The summed E-state index contributed by atoms with van der Waals surface area (Å²) in [7, 11) is 0. The van der Waals surface area contributed by atoms with Crippen molar-refractivity contribution in [1.29, 1.82) is 0 Å². The van der Waals surface area contributed by atoms with Crippen LogP contribution in [0.15, 0.2) is 12.1 Å². The number of carbonyl (C=O) groups excluding carboxylic acids is 1. The molecule has 1 aliphatic carbocycles. The van der Waals surface area contributed by atoms with Crippen LogP contribution in [0.1, 0.15) is 43.1 Å². The number of ether oxygens (including phenoxy) is 1. The minimum absolute atomic E-state index is 0.0226. The lowest BCUT2D eigenvalue weighted by molar-refractivity contribution is 0.0167. The first kappa shape index (κ1) is 13.6. The zero-order valence-electron chi connectivity index (χ0n) is 10.2. The molecule has 5 heteroatoms. The van der Waals surface area contributed by atoms with E-state index in [9.17, 15) is 4.79 Å². The monoisotopic (exact) mass is 287 g/mol. The Balaban J connectivity index is 2.01. The number of pyridine rings is 1. The molecule has 1 saturated carbocycles. The number of hydrogen-bond acceptors (Lipinski definition) is 3. The van der Waals surface area contributed by atoms with Crippen molar-refractivity contribution in [3.8, 4) is 0 Å². The minimum atomic E-state index is -0.484. The molecule has 1 aromatic rings. The van der Waals surface area contributed by atoms with Crippen molar-refractivity contribution in [2.24, 2.45) is 5.92 Å². The molecule has 3 nitrogen and oxygen atoms in total. The summed E-state index contributed by atoms with van der Waals surface area (Å²) in [5, 5.41) is 0.511. The van der Waals surface area contributed by atoms with Gasteiger partial charge in [-0.15, -0.1) is 0 Å². The summed E-state index contributed by atoms with van der Waals surface area (Å²) in [6.45, 7) is 2.22. The highest BCUT2D eigenvalue weighted by molar-refractivity contribution is 6.34. The van der Waals surface area contributed by atoms with Crippen LogP contribution in [0, 0.1) is 5.92 Å². The van der Waals surface area contributed by atoms with Crippen molar-refractivity contribution in [2.45, 2.75) is 38.7 Å². The van der Waals surface area contributed by atoms with Gasteiger partial charge in [0.05, 0.1) is 5.02 Å². The van der Waals surface area contributed by atoms with E-state index in [1.54, 1.807) is 12.1 Å². The summed E-state index contributed by atoms with van der Waals surface area (Å²) in [5.41, 5.74) is 0.0998. The molecule has 1 heterocycles. The van der Waals surface area contributed by atoms with E-state index in [-0.39, 0.29) is 22.0 Å². The fourth-order valence-corrected chi connectivity index (χ4v) is 2.45. The van der Waals surface area contributed by atoms with Crippen LogP contribution in [0.4, 0.5) is 0 Å². The molecule has 18 heavy (non-hydrogen) atoms. The van der Waals surface area contributed by atoms with Gasteiger partial charge >= 0.3 is 5.97 Å². The van der Waals surface area contributed by atoms with E-state index >= 15 is 0 Å². The lowest BCUT2D eigenvalue weighted by Gasteiger charge is -2.25. The van der Waals surface area contributed by atoms with Gasteiger partial charge < -0.3 is 4.74 Å². The summed E-state index contributed by atoms with van der Waals surface area (Å²) in [4.78, 5) is 15.9. The maximum Gasteiger partial charge on any atom is 0.358 e. The quantitative estimate of drug-likeness (QED) is 0.607. The highest BCUT2D eigenvalue weighted by atomic mass is 35.5. The zero-order chi connectivity index (χ0) is 13.1. The molecule has 0 N–H and O–H groups in total. The highest BCUT2D eigenvalue weighted by Gasteiger charge is 2.23. The Labute approximate surface area is 116 Å². The summed E-state index contributed by atoms with van der Waals surface area (Å²) < 4.78 is 5.42. The summed E-state index contributed by atoms with van der Waals surface area (Å²) in [6.07, 6.45) is 3.98. The Hall–Kier alpha value is -0.800. The number of aromatic nitrogens is 1. The predicted molar refractivity (Wildman–Crippen MR) is 71.1 cm³/mol. The van der Waals surface area contributed by atoms with Crippen LogP contribution in [-0.2, 0) is 4.74 Å². The average Bonchev–Trinajstić information content (AvgIpc) is 2.35. The van der Waals surface area contributed by atoms with Crippen molar-refractivity contribution in [1.82, 2.24) is 4.98 Å².